The maximum atomic E-state index is 10.5. The molecular formula is C18H22O2. The lowest BCUT2D eigenvalue weighted by Gasteiger charge is -2.40. The largest absolute Gasteiger partial charge is 0.484 e. The smallest absolute Gasteiger partial charge is 0.138 e. The molecule has 0 saturated heterocycles. The van der Waals surface area contributed by atoms with Gasteiger partial charge in [0, 0.05) is 6.42 Å². The topological polar surface area (TPSA) is 29.5 Å². The molecule has 0 radical (unpaired) electrons. The number of para-hydroxylation sites is 1. The van der Waals surface area contributed by atoms with Crippen molar-refractivity contribution in [1.82, 2.24) is 0 Å². The molecule has 0 bridgehead atoms. The van der Waals surface area contributed by atoms with Crippen LogP contribution < -0.4 is 4.74 Å². The quantitative estimate of drug-likeness (QED) is 0.894. The lowest BCUT2D eigenvalue weighted by molar-refractivity contribution is -0.102. The van der Waals surface area contributed by atoms with Gasteiger partial charge >= 0.3 is 0 Å². The molecule has 0 aromatic heterocycles. The van der Waals surface area contributed by atoms with E-state index in [1.54, 1.807) is 13.8 Å². The van der Waals surface area contributed by atoms with Crippen LogP contribution in [0.4, 0.5) is 0 Å². The van der Waals surface area contributed by atoms with Crippen molar-refractivity contribution in [3.05, 3.63) is 66.2 Å². The fraction of sp³-hybridized carbons (Fsp3) is 0.333. The Kier molecular flexibility index (Phi) is 4.15. The van der Waals surface area contributed by atoms with Crippen LogP contribution in [0.2, 0.25) is 0 Å². The molecule has 0 aliphatic heterocycles. The molecule has 2 aromatic carbocycles. The highest BCUT2D eigenvalue weighted by Gasteiger charge is 2.42. The molecule has 2 rings (SSSR count). The fourth-order valence-electron chi connectivity index (χ4n) is 2.11. The lowest BCUT2D eigenvalue weighted by Crippen LogP contribution is -2.53. The zero-order valence-corrected chi connectivity index (χ0v) is 12.3. The highest BCUT2D eigenvalue weighted by atomic mass is 16.5. The van der Waals surface area contributed by atoms with Gasteiger partial charge in [-0.15, -0.1) is 0 Å². The number of benzene rings is 2. The van der Waals surface area contributed by atoms with Crippen LogP contribution in [-0.2, 0) is 6.42 Å². The maximum absolute atomic E-state index is 10.5. The van der Waals surface area contributed by atoms with Crippen molar-refractivity contribution in [1.29, 1.82) is 0 Å². The van der Waals surface area contributed by atoms with Gasteiger partial charge in [0.25, 0.3) is 0 Å². The normalized spacial score (nSPS) is 14.6. The Morgan fingerprint density at radius 3 is 1.85 bits per heavy atom. The van der Waals surface area contributed by atoms with E-state index in [2.05, 4.69) is 12.1 Å². The standard InChI is InChI=1S/C18H22O2/c1-17(2,19)18(3,14-15-10-6-4-7-11-15)20-16-12-8-5-9-13-16/h4-13,19H,14H2,1-3H3. The van der Waals surface area contributed by atoms with Gasteiger partial charge in [-0.1, -0.05) is 48.5 Å². The second-order valence-corrected chi connectivity index (χ2v) is 5.87. The van der Waals surface area contributed by atoms with Crippen molar-refractivity contribution in [2.24, 2.45) is 0 Å². The monoisotopic (exact) mass is 270 g/mol. The van der Waals surface area contributed by atoms with E-state index in [1.807, 2.05) is 55.5 Å². The Morgan fingerprint density at radius 1 is 0.850 bits per heavy atom. The van der Waals surface area contributed by atoms with Crippen molar-refractivity contribution < 1.29 is 9.84 Å². The number of aliphatic hydroxyl groups is 1. The maximum Gasteiger partial charge on any atom is 0.138 e. The van der Waals surface area contributed by atoms with Gasteiger partial charge in [-0.05, 0) is 38.5 Å². The average Bonchev–Trinajstić information content (AvgIpc) is 2.39. The summed E-state index contributed by atoms with van der Waals surface area (Å²) in [6, 6.07) is 19.7. The van der Waals surface area contributed by atoms with E-state index in [4.69, 9.17) is 4.74 Å². The van der Waals surface area contributed by atoms with E-state index >= 15 is 0 Å². The number of hydrogen-bond acceptors (Lipinski definition) is 2. The van der Waals surface area contributed by atoms with Crippen LogP contribution in [-0.4, -0.2) is 16.3 Å². The van der Waals surface area contributed by atoms with Crippen LogP contribution in [0.5, 0.6) is 5.75 Å². The molecule has 2 heteroatoms. The second-order valence-electron chi connectivity index (χ2n) is 5.87. The van der Waals surface area contributed by atoms with Crippen molar-refractivity contribution in [2.45, 2.75) is 38.4 Å². The van der Waals surface area contributed by atoms with E-state index in [9.17, 15) is 5.11 Å². The van der Waals surface area contributed by atoms with Gasteiger partial charge in [0.2, 0.25) is 0 Å². The van der Waals surface area contributed by atoms with Crippen LogP contribution >= 0.6 is 0 Å². The highest BCUT2D eigenvalue weighted by molar-refractivity contribution is 5.25. The van der Waals surface area contributed by atoms with Crippen molar-refractivity contribution in [2.75, 3.05) is 0 Å². The van der Waals surface area contributed by atoms with E-state index in [-0.39, 0.29) is 0 Å². The van der Waals surface area contributed by atoms with Crippen molar-refractivity contribution in [3.63, 3.8) is 0 Å². The minimum Gasteiger partial charge on any atom is -0.484 e. The Labute approximate surface area is 121 Å². The van der Waals surface area contributed by atoms with Gasteiger partial charge in [0.15, 0.2) is 0 Å². The predicted octanol–water partition coefficient (Wildman–Crippen LogP) is 3.84. The Hall–Kier alpha value is -1.80. The predicted molar refractivity (Wildman–Crippen MR) is 81.9 cm³/mol. The summed E-state index contributed by atoms with van der Waals surface area (Å²) in [5.74, 6) is 0.771. The summed E-state index contributed by atoms with van der Waals surface area (Å²) in [4.78, 5) is 0. The molecule has 1 N–H and O–H groups in total. The Balaban J connectivity index is 2.27. The molecule has 20 heavy (non-hydrogen) atoms. The Bertz CT molecular complexity index is 485. The Morgan fingerprint density at radius 2 is 1.35 bits per heavy atom. The number of ether oxygens (including phenoxy) is 1. The third-order valence-corrected chi connectivity index (χ3v) is 3.76. The minimum atomic E-state index is -0.960. The molecule has 0 spiro atoms. The second kappa shape index (κ2) is 5.68. The van der Waals surface area contributed by atoms with Gasteiger partial charge in [0.05, 0.1) is 5.60 Å². The summed E-state index contributed by atoms with van der Waals surface area (Å²) in [7, 11) is 0. The van der Waals surface area contributed by atoms with Crippen LogP contribution in [0.15, 0.2) is 60.7 Å². The summed E-state index contributed by atoms with van der Waals surface area (Å²) < 4.78 is 6.12. The fourth-order valence-corrected chi connectivity index (χ4v) is 2.11. The first-order valence-corrected chi connectivity index (χ1v) is 6.91. The summed E-state index contributed by atoms with van der Waals surface area (Å²) in [6.45, 7) is 5.53. The molecule has 106 valence electrons. The molecular weight excluding hydrogens is 248 g/mol. The zero-order chi connectivity index (χ0) is 14.6. The van der Waals surface area contributed by atoms with Crippen LogP contribution in [0.25, 0.3) is 0 Å². The third-order valence-electron chi connectivity index (χ3n) is 3.76. The molecule has 0 aliphatic carbocycles. The summed E-state index contributed by atoms with van der Waals surface area (Å²) >= 11 is 0. The van der Waals surface area contributed by atoms with Crippen molar-refractivity contribution >= 4 is 0 Å². The van der Waals surface area contributed by atoms with Crippen LogP contribution in [0.1, 0.15) is 26.3 Å². The molecule has 0 saturated carbocycles. The average molecular weight is 270 g/mol. The van der Waals surface area contributed by atoms with Gasteiger partial charge < -0.3 is 9.84 Å². The van der Waals surface area contributed by atoms with Gasteiger partial charge in [0.1, 0.15) is 11.4 Å². The van der Waals surface area contributed by atoms with E-state index in [0.717, 1.165) is 11.3 Å². The molecule has 1 atom stereocenters. The van der Waals surface area contributed by atoms with Gasteiger partial charge in [-0.2, -0.15) is 0 Å². The van der Waals surface area contributed by atoms with E-state index < -0.39 is 11.2 Å². The zero-order valence-electron chi connectivity index (χ0n) is 12.3. The van der Waals surface area contributed by atoms with E-state index in [1.165, 1.54) is 0 Å². The number of hydrogen-bond donors (Lipinski definition) is 1. The summed E-state index contributed by atoms with van der Waals surface area (Å²) in [5.41, 5.74) is -0.512. The first-order chi connectivity index (χ1) is 9.41. The molecule has 2 aromatic rings. The van der Waals surface area contributed by atoms with Crippen LogP contribution in [0, 0.1) is 0 Å². The van der Waals surface area contributed by atoms with Crippen molar-refractivity contribution in [3.8, 4) is 5.75 Å². The summed E-state index contributed by atoms with van der Waals surface area (Å²) in [5, 5.41) is 10.5. The molecule has 2 nitrogen and oxygen atoms in total. The van der Waals surface area contributed by atoms with Gasteiger partial charge in [-0.25, -0.2) is 0 Å². The first kappa shape index (κ1) is 14.6. The van der Waals surface area contributed by atoms with Crippen LogP contribution in [0.3, 0.4) is 0 Å². The molecule has 0 amide bonds. The first-order valence-electron chi connectivity index (χ1n) is 6.91. The lowest BCUT2D eigenvalue weighted by atomic mass is 9.82. The van der Waals surface area contributed by atoms with Gasteiger partial charge in [-0.3, -0.25) is 0 Å². The molecule has 1 unspecified atom stereocenters. The summed E-state index contributed by atoms with van der Waals surface area (Å²) in [6.07, 6.45) is 0.645. The highest BCUT2D eigenvalue weighted by Crippen LogP contribution is 2.31. The molecule has 0 aliphatic rings. The van der Waals surface area contributed by atoms with E-state index in [0.29, 0.717) is 6.42 Å². The SMILES string of the molecule is CC(C)(O)C(C)(Cc1ccccc1)Oc1ccccc1. The number of rotatable bonds is 5. The third kappa shape index (κ3) is 3.40. The molecule has 0 heterocycles. The molecule has 0 fully saturated rings. The minimum absolute atomic E-state index is 0.645.